The second-order valence-electron chi connectivity index (χ2n) is 7.33. The molecule has 1 fully saturated rings. The highest BCUT2D eigenvalue weighted by Gasteiger charge is 2.17. The largest absolute Gasteiger partial charge is 0.297 e. The molecule has 3 aromatic rings. The Kier molecular flexibility index (Phi) is 5.32. The normalized spacial score (nSPS) is 16.5. The summed E-state index contributed by atoms with van der Waals surface area (Å²) in [7, 11) is 0. The number of benzene rings is 1. The first kappa shape index (κ1) is 17.9. The molecule has 1 aliphatic rings. The summed E-state index contributed by atoms with van der Waals surface area (Å²) in [5, 5.41) is 0. The third-order valence-corrected chi connectivity index (χ3v) is 5.14. The van der Waals surface area contributed by atoms with E-state index in [4.69, 9.17) is 4.98 Å². The highest BCUT2D eigenvalue weighted by atomic mass is 15.3. The van der Waals surface area contributed by atoms with Gasteiger partial charge < -0.3 is 0 Å². The van der Waals surface area contributed by atoms with Crippen LogP contribution in [0.4, 0.5) is 0 Å². The molecule has 5 nitrogen and oxygen atoms in total. The standard InChI is InChI=1S/C22H27N5/c1-18-15-19(2)27-17-21(24-22(27)23-18)16-26-13-11-25(12-14-26)10-6-9-20-7-4-3-5-8-20/h3-9,15,17H,10-14,16H2,1-2H3/b9-6+. The number of piperazine rings is 1. The Balaban J connectivity index is 1.29. The van der Waals surface area contributed by atoms with Gasteiger partial charge in [-0.15, -0.1) is 0 Å². The average Bonchev–Trinajstić information content (AvgIpc) is 3.07. The van der Waals surface area contributed by atoms with E-state index in [9.17, 15) is 0 Å². The van der Waals surface area contributed by atoms with E-state index in [0.29, 0.717) is 0 Å². The van der Waals surface area contributed by atoms with Gasteiger partial charge in [0.15, 0.2) is 0 Å². The van der Waals surface area contributed by atoms with Gasteiger partial charge in [0.2, 0.25) is 5.78 Å². The first-order valence-electron chi connectivity index (χ1n) is 9.66. The Morgan fingerprint density at radius 3 is 2.48 bits per heavy atom. The molecule has 2 aromatic heterocycles. The summed E-state index contributed by atoms with van der Waals surface area (Å²) >= 11 is 0. The van der Waals surface area contributed by atoms with Gasteiger partial charge in [-0.05, 0) is 25.5 Å². The maximum atomic E-state index is 4.72. The number of fused-ring (bicyclic) bond motifs is 1. The van der Waals surface area contributed by atoms with Crippen molar-refractivity contribution in [1.82, 2.24) is 24.2 Å². The van der Waals surface area contributed by atoms with E-state index in [2.05, 4.69) is 80.9 Å². The number of hydrogen-bond donors (Lipinski definition) is 0. The minimum absolute atomic E-state index is 0.812. The number of rotatable bonds is 5. The molecule has 0 radical (unpaired) electrons. The van der Waals surface area contributed by atoms with E-state index in [1.165, 1.54) is 11.3 Å². The molecule has 1 aliphatic heterocycles. The fourth-order valence-corrected chi connectivity index (χ4v) is 3.66. The average molecular weight is 361 g/mol. The quantitative estimate of drug-likeness (QED) is 0.699. The lowest BCUT2D eigenvalue weighted by atomic mass is 10.2. The van der Waals surface area contributed by atoms with Crippen LogP contribution in [0, 0.1) is 13.8 Å². The number of hydrogen-bond acceptors (Lipinski definition) is 4. The summed E-state index contributed by atoms with van der Waals surface area (Å²) in [6.07, 6.45) is 6.61. The molecule has 0 spiro atoms. The summed E-state index contributed by atoms with van der Waals surface area (Å²) in [6.45, 7) is 10.4. The summed E-state index contributed by atoms with van der Waals surface area (Å²) < 4.78 is 2.09. The monoisotopic (exact) mass is 361 g/mol. The zero-order valence-corrected chi connectivity index (χ0v) is 16.2. The molecule has 0 bridgehead atoms. The van der Waals surface area contributed by atoms with Crippen molar-refractivity contribution >= 4 is 11.9 Å². The lowest BCUT2D eigenvalue weighted by molar-refractivity contribution is 0.136. The topological polar surface area (TPSA) is 36.7 Å². The molecule has 0 N–H and O–H groups in total. The number of aromatic nitrogens is 3. The Morgan fingerprint density at radius 1 is 0.963 bits per heavy atom. The third kappa shape index (κ3) is 4.43. The molecule has 0 aliphatic carbocycles. The van der Waals surface area contributed by atoms with E-state index in [1.807, 2.05) is 6.92 Å². The second-order valence-corrected chi connectivity index (χ2v) is 7.33. The molecule has 1 aromatic carbocycles. The van der Waals surface area contributed by atoms with Gasteiger partial charge in [0, 0.05) is 56.9 Å². The van der Waals surface area contributed by atoms with Crippen LogP contribution in [0.15, 0.2) is 48.7 Å². The summed E-state index contributed by atoms with van der Waals surface area (Å²) in [5.41, 5.74) is 4.58. The summed E-state index contributed by atoms with van der Waals surface area (Å²) in [5.74, 6) is 0.812. The molecular weight excluding hydrogens is 334 g/mol. The van der Waals surface area contributed by atoms with Crippen molar-refractivity contribution in [2.24, 2.45) is 0 Å². The number of imidazole rings is 1. The van der Waals surface area contributed by atoms with Crippen molar-refractivity contribution in [1.29, 1.82) is 0 Å². The summed E-state index contributed by atoms with van der Waals surface area (Å²) in [4.78, 5) is 14.3. The Morgan fingerprint density at radius 2 is 1.70 bits per heavy atom. The van der Waals surface area contributed by atoms with Gasteiger partial charge in [-0.1, -0.05) is 42.5 Å². The molecule has 0 amide bonds. The van der Waals surface area contributed by atoms with Crippen LogP contribution in [-0.4, -0.2) is 56.9 Å². The van der Waals surface area contributed by atoms with Gasteiger partial charge in [0.25, 0.3) is 0 Å². The van der Waals surface area contributed by atoms with Gasteiger partial charge >= 0.3 is 0 Å². The van der Waals surface area contributed by atoms with Crippen molar-refractivity contribution in [3.05, 3.63) is 71.3 Å². The number of aryl methyl sites for hydroxylation is 2. The SMILES string of the molecule is Cc1cc(C)n2cc(CN3CCN(C/C=C/c4ccccc4)CC3)nc2n1. The van der Waals surface area contributed by atoms with Crippen LogP contribution in [0.1, 0.15) is 22.6 Å². The van der Waals surface area contributed by atoms with E-state index in [1.54, 1.807) is 0 Å². The van der Waals surface area contributed by atoms with Crippen LogP contribution in [0.25, 0.3) is 11.9 Å². The highest BCUT2D eigenvalue weighted by Crippen LogP contribution is 2.12. The van der Waals surface area contributed by atoms with Gasteiger partial charge in [-0.2, -0.15) is 0 Å². The molecule has 140 valence electrons. The van der Waals surface area contributed by atoms with E-state index < -0.39 is 0 Å². The maximum Gasteiger partial charge on any atom is 0.234 e. The predicted molar refractivity (Wildman–Crippen MR) is 110 cm³/mol. The van der Waals surface area contributed by atoms with Crippen LogP contribution < -0.4 is 0 Å². The van der Waals surface area contributed by atoms with E-state index >= 15 is 0 Å². The third-order valence-electron chi connectivity index (χ3n) is 5.14. The zero-order chi connectivity index (χ0) is 18.6. The van der Waals surface area contributed by atoms with Gasteiger partial charge in [-0.25, -0.2) is 9.97 Å². The van der Waals surface area contributed by atoms with Crippen LogP contribution in [0.2, 0.25) is 0 Å². The number of nitrogens with zero attached hydrogens (tertiary/aromatic N) is 5. The smallest absolute Gasteiger partial charge is 0.234 e. The molecule has 0 saturated carbocycles. The fourth-order valence-electron chi connectivity index (χ4n) is 3.66. The Hall–Kier alpha value is -2.50. The minimum Gasteiger partial charge on any atom is -0.297 e. The van der Waals surface area contributed by atoms with Crippen LogP contribution in [0.3, 0.4) is 0 Å². The first-order valence-corrected chi connectivity index (χ1v) is 9.66. The van der Waals surface area contributed by atoms with Crippen LogP contribution >= 0.6 is 0 Å². The minimum atomic E-state index is 0.812. The van der Waals surface area contributed by atoms with Crippen LogP contribution in [0.5, 0.6) is 0 Å². The molecule has 0 atom stereocenters. The first-order chi connectivity index (χ1) is 13.2. The molecule has 27 heavy (non-hydrogen) atoms. The fraction of sp³-hybridized carbons (Fsp3) is 0.364. The van der Waals surface area contributed by atoms with Crippen molar-refractivity contribution in [2.75, 3.05) is 32.7 Å². The molecule has 1 saturated heterocycles. The van der Waals surface area contributed by atoms with Gasteiger partial charge in [0.05, 0.1) is 5.69 Å². The molecule has 3 heterocycles. The second kappa shape index (κ2) is 8.03. The molecule has 4 rings (SSSR count). The van der Waals surface area contributed by atoms with Crippen molar-refractivity contribution < 1.29 is 0 Å². The summed E-state index contributed by atoms with van der Waals surface area (Å²) in [6, 6.07) is 12.6. The molecular formula is C22H27N5. The molecule has 5 heteroatoms. The predicted octanol–water partition coefficient (Wildman–Crippen LogP) is 3.18. The highest BCUT2D eigenvalue weighted by molar-refractivity contribution is 5.48. The lowest BCUT2D eigenvalue weighted by Crippen LogP contribution is -2.45. The Labute approximate surface area is 161 Å². The Bertz CT molecular complexity index is 921. The zero-order valence-electron chi connectivity index (χ0n) is 16.2. The molecule has 0 unspecified atom stereocenters. The van der Waals surface area contributed by atoms with E-state index in [-0.39, 0.29) is 0 Å². The van der Waals surface area contributed by atoms with Gasteiger partial charge in [0.1, 0.15) is 0 Å². The van der Waals surface area contributed by atoms with Crippen molar-refractivity contribution in [3.63, 3.8) is 0 Å². The van der Waals surface area contributed by atoms with Crippen molar-refractivity contribution in [3.8, 4) is 0 Å². The van der Waals surface area contributed by atoms with Gasteiger partial charge in [-0.3, -0.25) is 14.2 Å². The lowest BCUT2D eigenvalue weighted by Gasteiger charge is -2.33. The van der Waals surface area contributed by atoms with Crippen LogP contribution in [-0.2, 0) is 6.54 Å². The van der Waals surface area contributed by atoms with E-state index in [0.717, 1.165) is 56.4 Å². The maximum absolute atomic E-state index is 4.72. The van der Waals surface area contributed by atoms with Crippen molar-refractivity contribution in [2.45, 2.75) is 20.4 Å².